The van der Waals surface area contributed by atoms with Crippen LogP contribution in [0.4, 0.5) is 4.79 Å². The molecular formula is C21H31N2O6P. The van der Waals surface area contributed by atoms with Gasteiger partial charge in [-0.3, -0.25) is 9.36 Å². The van der Waals surface area contributed by atoms with Gasteiger partial charge in [0.15, 0.2) is 0 Å². The topological polar surface area (TPSA) is 103 Å². The number of amides is 2. The van der Waals surface area contributed by atoms with Crippen molar-refractivity contribution in [3.05, 3.63) is 61.2 Å². The second-order valence-corrected chi connectivity index (χ2v) is 8.99. The Bertz CT molecular complexity index is 737. The Kier molecular flexibility index (Phi) is 11.1. The van der Waals surface area contributed by atoms with E-state index in [1.807, 2.05) is 30.3 Å². The van der Waals surface area contributed by atoms with Gasteiger partial charge in [-0.1, -0.05) is 56.3 Å². The third-order valence-electron chi connectivity index (χ3n) is 3.95. The zero-order valence-corrected chi connectivity index (χ0v) is 18.6. The molecule has 1 aromatic carbocycles. The van der Waals surface area contributed by atoms with E-state index in [1.165, 1.54) is 19.1 Å². The molecule has 0 aliphatic rings. The Morgan fingerprint density at radius 1 is 1.03 bits per heavy atom. The number of hydrogen-bond acceptors (Lipinski definition) is 6. The van der Waals surface area contributed by atoms with E-state index in [1.54, 1.807) is 13.8 Å². The van der Waals surface area contributed by atoms with Gasteiger partial charge in [0.1, 0.15) is 18.4 Å². The molecule has 1 aromatic rings. The van der Waals surface area contributed by atoms with Crippen LogP contribution in [0.25, 0.3) is 0 Å². The number of ether oxygens (including phenoxy) is 1. The molecule has 2 atom stereocenters. The highest BCUT2D eigenvalue weighted by Gasteiger charge is 2.40. The molecule has 1 rings (SSSR count). The van der Waals surface area contributed by atoms with E-state index in [0.717, 1.165) is 5.56 Å². The molecule has 166 valence electrons. The number of nitrogens with one attached hydrogen (secondary N) is 2. The Hall–Kier alpha value is -2.41. The monoisotopic (exact) mass is 438 g/mol. The SMILES string of the molecule is C=CCOP(=O)(OCC=C)C(NC(=O)[C@H](C)NC(=O)OCc1ccccc1)C(C)C. The lowest BCUT2D eigenvalue weighted by Gasteiger charge is -2.30. The molecule has 8 nitrogen and oxygen atoms in total. The van der Waals surface area contributed by atoms with Crippen LogP contribution >= 0.6 is 7.60 Å². The van der Waals surface area contributed by atoms with E-state index >= 15 is 0 Å². The summed E-state index contributed by atoms with van der Waals surface area (Å²) in [6.45, 7) is 12.2. The Balaban J connectivity index is 2.73. The molecule has 0 aliphatic heterocycles. The highest BCUT2D eigenvalue weighted by Crippen LogP contribution is 2.54. The molecule has 2 N–H and O–H groups in total. The van der Waals surface area contributed by atoms with E-state index in [0.29, 0.717) is 0 Å². The Morgan fingerprint density at radius 3 is 2.10 bits per heavy atom. The molecule has 0 fully saturated rings. The first-order valence-electron chi connectivity index (χ1n) is 9.61. The average Bonchev–Trinajstić information content (AvgIpc) is 2.73. The van der Waals surface area contributed by atoms with Gasteiger partial charge >= 0.3 is 13.7 Å². The fraction of sp³-hybridized carbons (Fsp3) is 0.429. The number of carbonyl (C=O) groups excluding carboxylic acids is 2. The Morgan fingerprint density at radius 2 is 1.60 bits per heavy atom. The molecule has 30 heavy (non-hydrogen) atoms. The minimum Gasteiger partial charge on any atom is -0.445 e. The van der Waals surface area contributed by atoms with Gasteiger partial charge in [0, 0.05) is 0 Å². The maximum absolute atomic E-state index is 13.2. The van der Waals surface area contributed by atoms with Crippen molar-refractivity contribution < 1.29 is 27.9 Å². The Labute approximate surface area is 178 Å². The second-order valence-electron chi connectivity index (χ2n) is 6.83. The standard InChI is InChI=1S/C21H31N2O6P/c1-6-13-28-30(26,29-14-7-2)20(16(3)4)23-19(24)17(5)22-21(25)27-15-18-11-9-8-10-12-18/h6-12,16-17,20H,1-2,13-15H2,3-5H3,(H,22,25)(H,23,24)/t17-,20?/m0/s1. The van der Waals surface area contributed by atoms with Crippen LogP contribution in [-0.2, 0) is 29.8 Å². The van der Waals surface area contributed by atoms with E-state index in [9.17, 15) is 14.2 Å². The van der Waals surface area contributed by atoms with Gasteiger partial charge in [-0.15, -0.1) is 13.2 Å². The third kappa shape index (κ3) is 8.53. The summed E-state index contributed by atoms with van der Waals surface area (Å²) in [6.07, 6.45) is 2.14. The molecule has 0 radical (unpaired) electrons. The molecule has 0 spiro atoms. The molecule has 0 aliphatic carbocycles. The summed E-state index contributed by atoms with van der Waals surface area (Å²) in [5, 5.41) is 5.12. The maximum Gasteiger partial charge on any atom is 0.408 e. The van der Waals surface area contributed by atoms with Crippen molar-refractivity contribution in [2.75, 3.05) is 13.2 Å². The summed E-state index contributed by atoms with van der Waals surface area (Å²) in [4.78, 5) is 24.6. The summed E-state index contributed by atoms with van der Waals surface area (Å²) in [5.41, 5.74) is 0.823. The van der Waals surface area contributed by atoms with Gasteiger partial charge in [-0.2, -0.15) is 0 Å². The molecule has 2 amide bonds. The van der Waals surface area contributed by atoms with E-state index in [4.69, 9.17) is 13.8 Å². The number of carbonyl (C=O) groups is 2. The zero-order valence-electron chi connectivity index (χ0n) is 17.7. The lowest BCUT2D eigenvalue weighted by Crippen LogP contribution is -2.49. The minimum absolute atomic E-state index is 0.00682. The smallest absolute Gasteiger partial charge is 0.408 e. The summed E-state index contributed by atoms with van der Waals surface area (Å²) >= 11 is 0. The molecular weight excluding hydrogens is 407 g/mol. The van der Waals surface area contributed by atoms with Crippen molar-refractivity contribution in [2.24, 2.45) is 5.92 Å². The van der Waals surface area contributed by atoms with Gasteiger partial charge in [-0.05, 0) is 18.4 Å². The largest absolute Gasteiger partial charge is 0.445 e. The van der Waals surface area contributed by atoms with Crippen molar-refractivity contribution in [3.63, 3.8) is 0 Å². The van der Waals surface area contributed by atoms with Gasteiger partial charge in [0.2, 0.25) is 5.91 Å². The first kappa shape index (κ1) is 25.6. The number of rotatable bonds is 13. The van der Waals surface area contributed by atoms with Crippen LogP contribution in [0.2, 0.25) is 0 Å². The molecule has 0 saturated heterocycles. The maximum atomic E-state index is 13.2. The predicted octanol–water partition coefficient (Wildman–Crippen LogP) is 4.00. The van der Waals surface area contributed by atoms with E-state index < -0.39 is 31.4 Å². The van der Waals surface area contributed by atoms with Crippen LogP contribution in [-0.4, -0.2) is 37.0 Å². The van der Waals surface area contributed by atoms with Crippen molar-refractivity contribution >= 4 is 19.6 Å². The van der Waals surface area contributed by atoms with Crippen molar-refractivity contribution in [3.8, 4) is 0 Å². The third-order valence-corrected chi connectivity index (χ3v) is 6.37. The second kappa shape index (κ2) is 13.0. The fourth-order valence-electron chi connectivity index (χ4n) is 2.40. The predicted molar refractivity (Wildman–Crippen MR) is 116 cm³/mol. The first-order chi connectivity index (χ1) is 14.2. The normalized spacial score (nSPS) is 13.2. The van der Waals surface area contributed by atoms with Gasteiger partial charge in [-0.25, -0.2) is 4.79 Å². The van der Waals surface area contributed by atoms with Crippen LogP contribution in [0.1, 0.15) is 26.3 Å². The molecule has 0 bridgehead atoms. The number of benzene rings is 1. The molecule has 0 heterocycles. The molecule has 0 saturated carbocycles. The van der Waals surface area contributed by atoms with Crippen molar-refractivity contribution in [1.29, 1.82) is 0 Å². The van der Waals surface area contributed by atoms with Crippen LogP contribution in [0.3, 0.4) is 0 Å². The van der Waals surface area contributed by atoms with Gasteiger partial charge < -0.3 is 24.4 Å². The lowest BCUT2D eigenvalue weighted by molar-refractivity contribution is -0.123. The molecule has 0 aromatic heterocycles. The summed E-state index contributed by atoms with van der Waals surface area (Å²) in [5.74, 6) is -1.74. The van der Waals surface area contributed by atoms with Gasteiger partial charge in [0.05, 0.1) is 13.2 Å². The fourth-order valence-corrected chi connectivity index (χ4v) is 4.44. The molecule has 1 unspecified atom stereocenters. The quantitative estimate of drug-likeness (QED) is 0.357. The van der Waals surface area contributed by atoms with E-state index in [-0.39, 0.29) is 25.7 Å². The highest BCUT2D eigenvalue weighted by atomic mass is 31.2. The van der Waals surface area contributed by atoms with E-state index in [2.05, 4.69) is 23.8 Å². The average molecular weight is 438 g/mol. The van der Waals surface area contributed by atoms with Crippen LogP contribution in [0.5, 0.6) is 0 Å². The van der Waals surface area contributed by atoms with Crippen LogP contribution in [0, 0.1) is 5.92 Å². The van der Waals surface area contributed by atoms with Crippen molar-refractivity contribution in [2.45, 2.75) is 39.2 Å². The lowest BCUT2D eigenvalue weighted by atomic mass is 10.2. The number of hydrogen-bond donors (Lipinski definition) is 2. The van der Waals surface area contributed by atoms with Crippen LogP contribution in [0.15, 0.2) is 55.6 Å². The zero-order chi connectivity index (χ0) is 22.6. The van der Waals surface area contributed by atoms with Crippen LogP contribution < -0.4 is 10.6 Å². The highest BCUT2D eigenvalue weighted by molar-refractivity contribution is 7.54. The number of alkyl carbamates (subject to hydrolysis) is 1. The van der Waals surface area contributed by atoms with Gasteiger partial charge in [0.25, 0.3) is 0 Å². The van der Waals surface area contributed by atoms with Crippen molar-refractivity contribution in [1.82, 2.24) is 10.6 Å². The summed E-state index contributed by atoms with van der Waals surface area (Å²) in [7, 11) is -3.72. The molecule has 9 heteroatoms. The first-order valence-corrected chi connectivity index (χ1v) is 11.2. The minimum atomic E-state index is -3.72. The summed E-state index contributed by atoms with van der Waals surface area (Å²) < 4.78 is 29.2. The summed E-state index contributed by atoms with van der Waals surface area (Å²) in [6, 6.07) is 8.24.